The highest BCUT2D eigenvalue weighted by Gasteiger charge is 2.24. The first-order chi connectivity index (χ1) is 7.27. The summed E-state index contributed by atoms with van der Waals surface area (Å²) in [6.07, 6.45) is -0.198. The summed E-state index contributed by atoms with van der Waals surface area (Å²) < 4.78 is 9.73. The lowest BCUT2D eigenvalue weighted by Gasteiger charge is -2.24. The zero-order valence-corrected chi connectivity index (χ0v) is 8.31. The van der Waals surface area contributed by atoms with Crippen LogP contribution in [0.4, 0.5) is 4.79 Å². The summed E-state index contributed by atoms with van der Waals surface area (Å²) in [7, 11) is 0. The molecule has 1 aromatic carbocycles. The molecule has 0 radical (unpaired) electrons. The highest BCUT2D eigenvalue weighted by Crippen LogP contribution is 2.23. The molecule has 0 spiro atoms. The zero-order valence-electron chi connectivity index (χ0n) is 8.31. The van der Waals surface area contributed by atoms with Crippen LogP contribution < -0.4 is 0 Å². The lowest BCUT2D eigenvalue weighted by Crippen LogP contribution is -2.28. The minimum Gasteiger partial charge on any atom is -0.434 e. The fourth-order valence-corrected chi connectivity index (χ4v) is 1.54. The van der Waals surface area contributed by atoms with Crippen molar-refractivity contribution in [2.24, 2.45) is 0 Å². The van der Waals surface area contributed by atoms with Crippen LogP contribution in [0.1, 0.15) is 12.0 Å². The third-order valence-corrected chi connectivity index (χ3v) is 2.37. The van der Waals surface area contributed by atoms with Gasteiger partial charge in [-0.3, -0.25) is 0 Å². The minimum atomic E-state index is -0.608. The van der Waals surface area contributed by atoms with Crippen LogP contribution in [0.2, 0.25) is 0 Å². The fourth-order valence-electron chi connectivity index (χ4n) is 1.54. The van der Waals surface area contributed by atoms with Gasteiger partial charge in [0, 0.05) is 6.42 Å². The van der Waals surface area contributed by atoms with E-state index in [2.05, 4.69) is 6.58 Å². The summed E-state index contributed by atoms with van der Waals surface area (Å²) in [5.74, 6) is 0. The van der Waals surface area contributed by atoms with Crippen LogP contribution in [0.3, 0.4) is 0 Å². The Morgan fingerprint density at radius 3 is 2.73 bits per heavy atom. The molecular formula is C12H12O3. The number of rotatable bonds is 2. The van der Waals surface area contributed by atoms with E-state index in [9.17, 15) is 4.79 Å². The first-order valence-corrected chi connectivity index (χ1v) is 4.85. The van der Waals surface area contributed by atoms with Gasteiger partial charge in [0.1, 0.15) is 6.10 Å². The first kappa shape index (κ1) is 9.77. The van der Waals surface area contributed by atoms with Crippen molar-refractivity contribution in [2.45, 2.75) is 12.5 Å². The Kier molecular flexibility index (Phi) is 2.72. The van der Waals surface area contributed by atoms with Gasteiger partial charge in [0.2, 0.25) is 0 Å². The molecule has 0 amide bonds. The van der Waals surface area contributed by atoms with E-state index in [1.165, 1.54) is 0 Å². The van der Waals surface area contributed by atoms with Crippen molar-refractivity contribution < 1.29 is 14.3 Å². The summed E-state index contributed by atoms with van der Waals surface area (Å²) in [5, 5.41) is 0. The monoisotopic (exact) mass is 204 g/mol. The lowest BCUT2D eigenvalue weighted by molar-refractivity contribution is -0.00230. The van der Waals surface area contributed by atoms with Crippen molar-refractivity contribution in [3.8, 4) is 0 Å². The van der Waals surface area contributed by atoms with Crippen molar-refractivity contribution >= 4 is 11.7 Å². The van der Waals surface area contributed by atoms with Crippen molar-refractivity contribution in [1.29, 1.82) is 0 Å². The molecule has 3 heteroatoms. The number of carbonyl (C=O) groups excluding carboxylic acids is 1. The van der Waals surface area contributed by atoms with Crippen LogP contribution in [0.25, 0.3) is 5.57 Å². The largest absolute Gasteiger partial charge is 0.508 e. The maximum Gasteiger partial charge on any atom is 0.508 e. The summed E-state index contributed by atoms with van der Waals surface area (Å²) in [6.45, 7) is 4.35. The maximum absolute atomic E-state index is 10.9. The quantitative estimate of drug-likeness (QED) is 0.694. The SMILES string of the molecule is C=C(c1ccccc1)C1CCOC(=O)O1. The van der Waals surface area contributed by atoms with E-state index in [0.717, 1.165) is 11.1 Å². The zero-order chi connectivity index (χ0) is 10.7. The second-order valence-electron chi connectivity index (χ2n) is 3.38. The summed E-state index contributed by atoms with van der Waals surface area (Å²) in [5.41, 5.74) is 1.82. The van der Waals surface area contributed by atoms with Crippen LogP contribution in [0, 0.1) is 0 Å². The molecule has 2 rings (SSSR count). The highest BCUT2D eigenvalue weighted by molar-refractivity contribution is 5.70. The van der Waals surface area contributed by atoms with E-state index in [1.807, 2.05) is 30.3 Å². The predicted molar refractivity (Wildman–Crippen MR) is 56.3 cm³/mol. The van der Waals surface area contributed by atoms with Gasteiger partial charge >= 0.3 is 6.16 Å². The summed E-state index contributed by atoms with van der Waals surface area (Å²) >= 11 is 0. The Bertz CT molecular complexity index is 370. The van der Waals surface area contributed by atoms with Crippen LogP contribution in [0.15, 0.2) is 36.9 Å². The van der Waals surface area contributed by atoms with Crippen LogP contribution >= 0.6 is 0 Å². The van der Waals surface area contributed by atoms with E-state index in [1.54, 1.807) is 0 Å². The van der Waals surface area contributed by atoms with E-state index in [-0.39, 0.29) is 6.10 Å². The van der Waals surface area contributed by atoms with E-state index in [0.29, 0.717) is 13.0 Å². The third-order valence-electron chi connectivity index (χ3n) is 2.37. The van der Waals surface area contributed by atoms with Crippen LogP contribution in [0.5, 0.6) is 0 Å². The van der Waals surface area contributed by atoms with Gasteiger partial charge in [-0.15, -0.1) is 0 Å². The molecule has 1 atom stereocenters. The molecule has 1 fully saturated rings. The number of hydrogen-bond donors (Lipinski definition) is 0. The number of ether oxygens (including phenoxy) is 2. The molecule has 0 bridgehead atoms. The van der Waals surface area contributed by atoms with Crippen LogP contribution in [-0.2, 0) is 9.47 Å². The molecule has 3 nitrogen and oxygen atoms in total. The standard InChI is InChI=1S/C12H12O3/c1-9(10-5-3-2-4-6-10)11-7-8-14-12(13)15-11/h2-6,11H,1,7-8H2. The van der Waals surface area contributed by atoms with Crippen molar-refractivity contribution in [3.05, 3.63) is 42.5 Å². The Hall–Kier alpha value is -1.77. The predicted octanol–water partition coefficient (Wildman–Crippen LogP) is 2.63. The molecule has 0 aromatic heterocycles. The number of hydrogen-bond acceptors (Lipinski definition) is 3. The van der Waals surface area contributed by atoms with E-state index >= 15 is 0 Å². The van der Waals surface area contributed by atoms with Gasteiger partial charge in [-0.1, -0.05) is 36.9 Å². The van der Waals surface area contributed by atoms with Gasteiger partial charge in [0.15, 0.2) is 0 Å². The second kappa shape index (κ2) is 4.17. The van der Waals surface area contributed by atoms with Gasteiger partial charge in [0.05, 0.1) is 6.61 Å². The van der Waals surface area contributed by atoms with E-state index in [4.69, 9.17) is 9.47 Å². The molecular weight excluding hydrogens is 192 g/mol. The smallest absolute Gasteiger partial charge is 0.434 e. The minimum absolute atomic E-state index is 0.256. The molecule has 0 saturated carbocycles. The molecule has 1 heterocycles. The van der Waals surface area contributed by atoms with E-state index < -0.39 is 6.16 Å². The molecule has 0 aliphatic carbocycles. The maximum atomic E-state index is 10.9. The third kappa shape index (κ3) is 2.18. The van der Waals surface area contributed by atoms with Crippen molar-refractivity contribution in [3.63, 3.8) is 0 Å². The van der Waals surface area contributed by atoms with Crippen molar-refractivity contribution in [1.82, 2.24) is 0 Å². The number of cyclic esters (lactones) is 2. The molecule has 78 valence electrons. The molecule has 0 N–H and O–H groups in total. The Morgan fingerprint density at radius 1 is 1.33 bits per heavy atom. The first-order valence-electron chi connectivity index (χ1n) is 4.85. The Labute approximate surface area is 88.3 Å². The lowest BCUT2D eigenvalue weighted by atomic mass is 10.00. The highest BCUT2D eigenvalue weighted by atomic mass is 16.7. The molecule has 1 unspecified atom stereocenters. The molecule has 1 aliphatic rings. The normalized spacial score (nSPS) is 20.3. The molecule has 1 aliphatic heterocycles. The topological polar surface area (TPSA) is 35.5 Å². The number of carbonyl (C=O) groups is 1. The molecule has 15 heavy (non-hydrogen) atoms. The summed E-state index contributed by atoms with van der Waals surface area (Å²) in [6, 6.07) is 9.70. The van der Waals surface area contributed by atoms with Crippen molar-refractivity contribution in [2.75, 3.05) is 6.61 Å². The van der Waals surface area contributed by atoms with Gasteiger partial charge in [0.25, 0.3) is 0 Å². The summed E-state index contributed by atoms with van der Waals surface area (Å²) in [4.78, 5) is 10.9. The molecule has 1 saturated heterocycles. The fraction of sp³-hybridized carbons (Fsp3) is 0.250. The van der Waals surface area contributed by atoms with Gasteiger partial charge in [-0.05, 0) is 11.1 Å². The average molecular weight is 204 g/mol. The Morgan fingerprint density at radius 2 is 2.07 bits per heavy atom. The van der Waals surface area contributed by atoms with Gasteiger partial charge < -0.3 is 9.47 Å². The average Bonchev–Trinajstić information content (AvgIpc) is 2.29. The number of benzene rings is 1. The Balaban J connectivity index is 2.11. The van der Waals surface area contributed by atoms with Gasteiger partial charge in [-0.25, -0.2) is 4.79 Å². The van der Waals surface area contributed by atoms with Gasteiger partial charge in [-0.2, -0.15) is 0 Å². The molecule has 1 aromatic rings. The van der Waals surface area contributed by atoms with Crippen LogP contribution in [-0.4, -0.2) is 18.9 Å². The second-order valence-corrected chi connectivity index (χ2v) is 3.38.